The van der Waals surface area contributed by atoms with Crippen LogP contribution in [0.25, 0.3) is 0 Å². The monoisotopic (exact) mass is 302 g/mol. The minimum absolute atomic E-state index is 0.276. The number of hydrogen-bond acceptors (Lipinski definition) is 4. The summed E-state index contributed by atoms with van der Waals surface area (Å²) in [4.78, 5) is 0.276. The number of sulfonamides is 1. The SMILES string of the molecule is CS(=O)CCCNS(=O)(=O)c1ccc2c(c1)NCC2. The van der Waals surface area contributed by atoms with Crippen LogP contribution >= 0.6 is 0 Å². The Bertz CT molecular complexity index is 585. The fourth-order valence-electron chi connectivity index (χ4n) is 2.00. The van der Waals surface area contributed by atoms with E-state index in [1.54, 1.807) is 18.4 Å². The molecule has 0 bridgehead atoms. The van der Waals surface area contributed by atoms with E-state index < -0.39 is 20.8 Å². The van der Waals surface area contributed by atoms with Gasteiger partial charge in [0.1, 0.15) is 0 Å². The molecule has 1 aliphatic heterocycles. The summed E-state index contributed by atoms with van der Waals surface area (Å²) in [6, 6.07) is 5.15. The highest BCUT2D eigenvalue weighted by molar-refractivity contribution is 7.89. The minimum Gasteiger partial charge on any atom is -0.384 e. The van der Waals surface area contributed by atoms with Gasteiger partial charge in [0.05, 0.1) is 4.90 Å². The molecule has 5 nitrogen and oxygen atoms in total. The molecule has 0 saturated heterocycles. The van der Waals surface area contributed by atoms with E-state index in [1.165, 1.54) is 0 Å². The van der Waals surface area contributed by atoms with E-state index >= 15 is 0 Å². The molecule has 1 unspecified atom stereocenters. The fourth-order valence-corrected chi connectivity index (χ4v) is 3.65. The lowest BCUT2D eigenvalue weighted by molar-refractivity contribution is 0.580. The van der Waals surface area contributed by atoms with Crippen molar-refractivity contribution >= 4 is 26.5 Å². The Morgan fingerprint density at radius 3 is 2.95 bits per heavy atom. The van der Waals surface area contributed by atoms with E-state index in [2.05, 4.69) is 10.0 Å². The van der Waals surface area contributed by atoms with Crippen molar-refractivity contribution in [1.29, 1.82) is 0 Å². The highest BCUT2D eigenvalue weighted by Crippen LogP contribution is 2.25. The first-order valence-corrected chi connectivity index (χ1v) is 9.36. The molecule has 0 radical (unpaired) electrons. The van der Waals surface area contributed by atoms with Gasteiger partial charge in [-0.05, 0) is 30.5 Å². The van der Waals surface area contributed by atoms with E-state index in [-0.39, 0.29) is 4.90 Å². The number of anilines is 1. The molecule has 1 aromatic rings. The Hall–Kier alpha value is -0.920. The predicted octanol–water partition coefficient (Wildman–Crippen LogP) is 0.701. The zero-order valence-electron chi connectivity index (χ0n) is 10.8. The molecule has 1 atom stereocenters. The zero-order valence-corrected chi connectivity index (χ0v) is 12.4. The summed E-state index contributed by atoms with van der Waals surface area (Å²) >= 11 is 0. The average Bonchev–Trinajstić information content (AvgIpc) is 2.81. The lowest BCUT2D eigenvalue weighted by Gasteiger charge is -2.08. The molecular formula is C12H18N2O3S2. The second-order valence-corrected chi connectivity index (χ2v) is 7.85. The van der Waals surface area contributed by atoms with Crippen LogP contribution < -0.4 is 10.0 Å². The normalized spacial score (nSPS) is 15.8. The zero-order chi connectivity index (χ0) is 13.9. The maximum atomic E-state index is 12.1. The first kappa shape index (κ1) is 14.5. The van der Waals surface area contributed by atoms with Gasteiger partial charge in [-0.15, -0.1) is 0 Å². The second-order valence-electron chi connectivity index (χ2n) is 4.52. The maximum Gasteiger partial charge on any atom is 0.240 e. The molecule has 106 valence electrons. The Morgan fingerprint density at radius 1 is 1.42 bits per heavy atom. The van der Waals surface area contributed by atoms with Crippen molar-refractivity contribution in [3.8, 4) is 0 Å². The van der Waals surface area contributed by atoms with Crippen molar-refractivity contribution in [2.45, 2.75) is 17.7 Å². The van der Waals surface area contributed by atoms with Gasteiger partial charge >= 0.3 is 0 Å². The Labute approximate surface area is 116 Å². The summed E-state index contributed by atoms with van der Waals surface area (Å²) in [5.74, 6) is 0.508. The van der Waals surface area contributed by atoms with Gasteiger partial charge in [-0.2, -0.15) is 0 Å². The molecule has 0 spiro atoms. The highest BCUT2D eigenvalue weighted by Gasteiger charge is 2.17. The Morgan fingerprint density at radius 2 is 2.21 bits per heavy atom. The summed E-state index contributed by atoms with van der Waals surface area (Å²) in [7, 11) is -4.35. The topological polar surface area (TPSA) is 75.3 Å². The van der Waals surface area contributed by atoms with Crippen LogP contribution in [-0.4, -0.2) is 37.7 Å². The lowest BCUT2D eigenvalue weighted by atomic mass is 10.2. The van der Waals surface area contributed by atoms with Crippen LogP contribution in [-0.2, 0) is 27.2 Å². The van der Waals surface area contributed by atoms with Gasteiger partial charge in [-0.1, -0.05) is 6.07 Å². The van der Waals surface area contributed by atoms with Crippen LogP contribution in [0, 0.1) is 0 Å². The molecule has 0 saturated carbocycles. The maximum absolute atomic E-state index is 12.1. The van der Waals surface area contributed by atoms with Crippen LogP contribution in [0.1, 0.15) is 12.0 Å². The van der Waals surface area contributed by atoms with Crippen LogP contribution in [0.5, 0.6) is 0 Å². The van der Waals surface area contributed by atoms with Gasteiger partial charge in [0.25, 0.3) is 0 Å². The Balaban J connectivity index is 2.01. The first-order chi connectivity index (χ1) is 8.99. The van der Waals surface area contributed by atoms with Crippen LogP contribution in [0.15, 0.2) is 23.1 Å². The third-order valence-electron chi connectivity index (χ3n) is 3.00. The van der Waals surface area contributed by atoms with E-state index in [0.717, 1.165) is 24.2 Å². The standard InChI is InChI=1S/C12H18N2O3S2/c1-18(15)8-2-6-14-19(16,17)11-4-3-10-5-7-13-12(10)9-11/h3-4,9,13-14H,2,5-8H2,1H3. The molecule has 19 heavy (non-hydrogen) atoms. The number of nitrogens with one attached hydrogen (secondary N) is 2. The molecule has 0 amide bonds. The van der Waals surface area contributed by atoms with Crippen LogP contribution in [0.4, 0.5) is 5.69 Å². The molecule has 1 aliphatic rings. The summed E-state index contributed by atoms with van der Waals surface area (Å²) in [6.07, 6.45) is 3.12. The number of fused-ring (bicyclic) bond motifs is 1. The van der Waals surface area contributed by atoms with Gasteiger partial charge in [0.2, 0.25) is 10.0 Å². The molecule has 1 heterocycles. The van der Waals surface area contributed by atoms with Crippen molar-refractivity contribution in [3.63, 3.8) is 0 Å². The van der Waals surface area contributed by atoms with Gasteiger partial charge in [-0.3, -0.25) is 4.21 Å². The first-order valence-electron chi connectivity index (χ1n) is 6.15. The number of rotatable bonds is 6. The third kappa shape index (κ3) is 3.77. The van der Waals surface area contributed by atoms with Gasteiger partial charge in [-0.25, -0.2) is 13.1 Å². The largest absolute Gasteiger partial charge is 0.384 e. The summed E-state index contributed by atoms with van der Waals surface area (Å²) in [5, 5.41) is 3.16. The molecule has 0 aliphatic carbocycles. The highest BCUT2D eigenvalue weighted by atomic mass is 32.2. The van der Waals surface area contributed by atoms with Crippen molar-refractivity contribution in [3.05, 3.63) is 23.8 Å². The summed E-state index contributed by atoms with van der Waals surface area (Å²) < 4.78 is 37.5. The molecule has 2 N–H and O–H groups in total. The van der Waals surface area contributed by atoms with Crippen molar-refractivity contribution < 1.29 is 12.6 Å². The van der Waals surface area contributed by atoms with Gasteiger partial charge in [0.15, 0.2) is 0 Å². The summed E-state index contributed by atoms with van der Waals surface area (Å²) in [5.41, 5.74) is 2.05. The number of benzene rings is 1. The lowest BCUT2D eigenvalue weighted by Crippen LogP contribution is -2.25. The van der Waals surface area contributed by atoms with E-state index in [9.17, 15) is 12.6 Å². The van der Waals surface area contributed by atoms with E-state index in [0.29, 0.717) is 18.7 Å². The quantitative estimate of drug-likeness (QED) is 0.759. The van der Waals surface area contributed by atoms with E-state index in [4.69, 9.17) is 0 Å². The van der Waals surface area contributed by atoms with Crippen LogP contribution in [0.3, 0.4) is 0 Å². The minimum atomic E-state index is -3.47. The second kappa shape index (κ2) is 6.02. The van der Waals surface area contributed by atoms with Gasteiger partial charge in [0, 0.05) is 41.6 Å². The smallest absolute Gasteiger partial charge is 0.240 e. The number of hydrogen-bond donors (Lipinski definition) is 2. The van der Waals surface area contributed by atoms with E-state index in [1.807, 2.05) is 6.07 Å². The fraction of sp³-hybridized carbons (Fsp3) is 0.500. The molecule has 0 fully saturated rings. The molecule has 2 rings (SSSR count). The molecular weight excluding hydrogens is 284 g/mol. The van der Waals surface area contributed by atoms with Crippen molar-refractivity contribution in [1.82, 2.24) is 4.72 Å². The average molecular weight is 302 g/mol. The summed E-state index contributed by atoms with van der Waals surface area (Å²) in [6.45, 7) is 1.17. The van der Waals surface area contributed by atoms with Crippen molar-refractivity contribution in [2.24, 2.45) is 0 Å². The van der Waals surface area contributed by atoms with Crippen molar-refractivity contribution in [2.75, 3.05) is 30.4 Å². The van der Waals surface area contributed by atoms with Gasteiger partial charge < -0.3 is 5.32 Å². The predicted molar refractivity (Wildman–Crippen MR) is 77.4 cm³/mol. The van der Waals surface area contributed by atoms with Crippen LogP contribution in [0.2, 0.25) is 0 Å². The Kier molecular flexibility index (Phi) is 4.59. The molecule has 1 aromatic carbocycles. The molecule has 0 aromatic heterocycles. The third-order valence-corrected chi connectivity index (χ3v) is 5.32. The molecule has 7 heteroatoms.